The predicted octanol–water partition coefficient (Wildman–Crippen LogP) is 2.74. The predicted molar refractivity (Wildman–Crippen MR) is 108 cm³/mol. The molecule has 0 bridgehead atoms. The summed E-state index contributed by atoms with van der Waals surface area (Å²) in [7, 11) is 2.76. The number of esters is 2. The Hall–Kier alpha value is -2.35. The van der Waals surface area contributed by atoms with Crippen molar-refractivity contribution in [2.24, 2.45) is 5.73 Å². The summed E-state index contributed by atoms with van der Waals surface area (Å²) in [5, 5.41) is 2.83. The van der Waals surface area contributed by atoms with Crippen LogP contribution in [0.25, 0.3) is 0 Å². The van der Waals surface area contributed by atoms with Gasteiger partial charge in [0.2, 0.25) is 0 Å². The SMILES string of the molecule is COC(=O)C1(N)CCCCC1.COC(=O)C1(NC(=O)n2cccc2)CCCCC1. The van der Waals surface area contributed by atoms with Crippen LogP contribution >= 0.6 is 0 Å². The van der Waals surface area contributed by atoms with Gasteiger partial charge in [-0.1, -0.05) is 38.5 Å². The maximum Gasteiger partial charge on any atom is 0.331 e. The van der Waals surface area contributed by atoms with Crippen LogP contribution in [-0.4, -0.2) is 47.8 Å². The van der Waals surface area contributed by atoms with Crippen molar-refractivity contribution in [3.05, 3.63) is 24.5 Å². The number of carbonyl (C=O) groups is 3. The first-order chi connectivity index (χ1) is 13.9. The summed E-state index contributed by atoms with van der Waals surface area (Å²) in [6, 6.07) is 3.25. The molecule has 1 amide bonds. The smallest absolute Gasteiger partial charge is 0.331 e. The van der Waals surface area contributed by atoms with Crippen molar-refractivity contribution in [2.75, 3.05) is 14.2 Å². The van der Waals surface area contributed by atoms with E-state index >= 15 is 0 Å². The molecule has 0 unspecified atom stereocenters. The molecule has 1 aromatic heterocycles. The van der Waals surface area contributed by atoms with Crippen molar-refractivity contribution in [1.82, 2.24) is 9.88 Å². The lowest BCUT2D eigenvalue weighted by Gasteiger charge is -2.35. The highest BCUT2D eigenvalue weighted by molar-refractivity contribution is 5.88. The largest absolute Gasteiger partial charge is 0.468 e. The second-order valence-corrected chi connectivity index (χ2v) is 7.86. The van der Waals surface area contributed by atoms with Crippen LogP contribution in [0, 0.1) is 0 Å². The Morgan fingerprint density at radius 1 is 0.828 bits per heavy atom. The highest BCUT2D eigenvalue weighted by Crippen LogP contribution is 2.29. The number of nitrogens with one attached hydrogen (secondary N) is 1. The van der Waals surface area contributed by atoms with Gasteiger partial charge in [0.25, 0.3) is 0 Å². The van der Waals surface area contributed by atoms with E-state index in [4.69, 9.17) is 10.5 Å². The molecular weight excluding hydrogens is 374 g/mol. The maximum absolute atomic E-state index is 12.0. The number of nitrogens with two attached hydrogens (primary N) is 1. The standard InChI is InChI=1S/C13H18N2O3.C8H15NO2/c1-18-11(16)13(7-3-2-4-8-13)14-12(17)15-9-5-6-10-15;1-11-7(10)8(9)5-3-2-4-6-8/h5-6,9-10H,2-4,7-8H2,1H3,(H,14,17);2-6,9H2,1H3. The second kappa shape index (κ2) is 10.4. The summed E-state index contributed by atoms with van der Waals surface area (Å²) in [4.78, 5) is 35.1. The fourth-order valence-electron chi connectivity index (χ4n) is 4.06. The lowest BCUT2D eigenvalue weighted by atomic mass is 9.82. The first kappa shape index (κ1) is 22.9. The Morgan fingerprint density at radius 3 is 1.79 bits per heavy atom. The topological polar surface area (TPSA) is 113 Å². The van der Waals surface area contributed by atoms with Crippen LogP contribution in [0.4, 0.5) is 4.79 Å². The van der Waals surface area contributed by atoms with Crippen LogP contribution in [0.5, 0.6) is 0 Å². The van der Waals surface area contributed by atoms with Gasteiger partial charge in [0, 0.05) is 12.4 Å². The highest BCUT2D eigenvalue weighted by atomic mass is 16.5. The van der Waals surface area contributed by atoms with Gasteiger partial charge in [-0.2, -0.15) is 0 Å². The van der Waals surface area contributed by atoms with Crippen LogP contribution in [-0.2, 0) is 19.1 Å². The van der Waals surface area contributed by atoms with E-state index in [1.54, 1.807) is 24.5 Å². The molecule has 0 atom stereocenters. The third kappa shape index (κ3) is 5.82. The number of ether oxygens (including phenoxy) is 2. The third-order valence-corrected chi connectivity index (χ3v) is 5.81. The lowest BCUT2D eigenvalue weighted by molar-refractivity contribution is -0.150. The molecule has 2 aliphatic carbocycles. The summed E-state index contributed by atoms with van der Waals surface area (Å²) in [5.41, 5.74) is 4.31. The van der Waals surface area contributed by atoms with Crippen molar-refractivity contribution < 1.29 is 23.9 Å². The van der Waals surface area contributed by atoms with Crippen molar-refractivity contribution >= 4 is 18.0 Å². The van der Waals surface area contributed by atoms with Gasteiger partial charge in [0.15, 0.2) is 0 Å². The van der Waals surface area contributed by atoms with E-state index in [0.29, 0.717) is 12.8 Å². The molecule has 0 spiro atoms. The van der Waals surface area contributed by atoms with Crippen LogP contribution < -0.4 is 11.1 Å². The summed E-state index contributed by atoms with van der Waals surface area (Å²) in [5.74, 6) is -0.597. The summed E-state index contributed by atoms with van der Waals surface area (Å²) in [6.07, 6.45) is 12.4. The molecule has 0 aliphatic heterocycles. The minimum Gasteiger partial charge on any atom is -0.468 e. The fourth-order valence-corrected chi connectivity index (χ4v) is 4.06. The number of rotatable bonds is 3. The van der Waals surface area contributed by atoms with Crippen LogP contribution in [0.15, 0.2) is 24.5 Å². The van der Waals surface area contributed by atoms with Gasteiger partial charge >= 0.3 is 18.0 Å². The quantitative estimate of drug-likeness (QED) is 0.745. The number of nitrogens with zero attached hydrogens (tertiary/aromatic N) is 1. The molecule has 0 radical (unpaired) electrons. The number of amides is 1. The molecule has 2 fully saturated rings. The Balaban J connectivity index is 0.000000234. The molecule has 1 heterocycles. The summed E-state index contributed by atoms with van der Waals surface area (Å²) in [6.45, 7) is 0. The fraction of sp³-hybridized carbons (Fsp3) is 0.667. The average molecular weight is 408 g/mol. The molecule has 8 heteroatoms. The zero-order valence-corrected chi connectivity index (χ0v) is 17.4. The molecule has 3 N–H and O–H groups in total. The van der Waals surface area contributed by atoms with E-state index < -0.39 is 11.1 Å². The van der Waals surface area contributed by atoms with Gasteiger partial charge in [-0.25, -0.2) is 9.59 Å². The minimum absolute atomic E-state index is 0.253. The van der Waals surface area contributed by atoms with Crippen LogP contribution in [0.3, 0.4) is 0 Å². The monoisotopic (exact) mass is 407 g/mol. The van der Waals surface area contributed by atoms with E-state index in [2.05, 4.69) is 10.1 Å². The molecule has 0 aromatic carbocycles. The molecule has 2 aliphatic rings. The van der Waals surface area contributed by atoms with Gasteiger partial charge in [-0.15, -0.1) is 0 Å². The lowest BCUT2D eigenvalue weighted by Crippen LogP contribution is -2.56. The third-order valence-electron chi connectivity index (χ3n) is 5.81. The maximum atomic E-state index is 12.0. The Labute approximate surface area is 172 Å². The Morgan fingerprint density at radius 2 is 1.31 bits per heavy atom. The molecule has 29 heavy (non-hydrogen) atoms. The first-order valence-electron chi connectivity index (χ1n) is 10.3. The van der Waals surface area contributed by atoms with Crippen molar-refractivity contribution in [1.29, 1.82) is 0 Å². The first-order valence-corrected chi connectivity index (χ1v) is 10.3. The van der Waals surface area contributed by atoms with E-state index in [-0.39, 0.29) is 18.0 Å². The number of carbonyl (C=O) groups excluding carboxylic acids is 3. The average Bonchev–Trinajstić information content (AvgIpc) is 3.29. The minimum atomic E-state index is -0.853. The van der Waals surface area contributed by atoms with Gasteiger partial charge in [0.05, 0.1) is 14.2 Å². The second-order valence-electron chi connectivity index (χ2n) is 7.86. The molecule has 0 saturated heterocycles. The number of aromatic nitrogens is 1. The van der Waals surface area contributed by atoms with Gasteiger partial charge in [0.1, 0.15) is 11.1 Å². The van der Waals surface area contributed by atoms with Gasteiger partial charge < -0.3 is 20.5 Å². The van der Waals surface area contributed by atoms with Crippen molar-refractivity contribution in [2.45, 2.75) is 75.3 Å². The Bertz CT molecular complexity index is 674. The van der Waals surface area contributed by atoms with Crippen LogP contribution in [0.2, 0.25) is 0 Å². The van der Waals surface area contributed by atoms with E-state index in [1.165, 1.54) is 25.2 Å². The van der Waals surface area contributed by atoms with Crippen molar-refractivity contribution in [3.63, 3.8) is 0 Å². The van der Waals surface area contributed by atoms with E-state index in [1.807, 2.05) is 0 Å². The van der Waals surface area contributed by atoms with Crippen LogP contribution in [0.1, 0.15) is 64.2 Å². The summed E-state index contributed by atoms with van der Waals surface area (Å²) >= 11 is 0. The normalized spacial score (nSPS) is 19.8. The Kier molecular flexibility index (Phi) is 8.25. The van der Waals surface area contributed by atoms with Crippen molar-refractivity contribution in [3.8, 4) is 0 Å². The highest BCUT2D eigenvalue weighted by Gasteiger charge is 2.42. The molecule has 1 aromatic rings. The number of hydrogen-bond acceptors (Lipinski definition) is 6. The number of hydrogen-bond donors (Lipinski definition) is 2. The molecule has 3 rings (SSSR count). The summed E-state index contributed by atoms with van der Waals surface area (Å²) < 4.78 is 10.9. The number of methoxy groups -OCH3 is 2. The zero-order valence-electron chi connectivity index (χ0n) is 17.4. The van der Waals surface area contributed by atoms with E-state index in [9.17, 15) is 14.4 Å². The molecule has 8 nitrogen and oxygen atoms in total. The molecule has 2 saturated carbocycles. The van der Waals surface area contributed by atoms with E-state index in [0.717, 1.165) is 44.9 Å². The zero-order chi connectivity index (χ0) is 21.3. The van der Waals surface area contributed by atoms with Gasteiger partial charge in [-0.3, -0.25) is 9.36 Å². The molecule has 162 valence electrons. The molecular formula is C21H33N3O5. The van der Waals surface area contributed by atoms with Gasteiger partial charge in [-0.05, 0) is 37.8 Å².